The number of carbonyl (C=O) groups excluding carboxylic acids is 2. The highest BCUT2D eigenvalue weighted by molar-refractivity contribution is 8.77. The Kier molecular flexibility index (Phi) is 8.74. The summed E-state index contributed by atoms with van der Waals surface area (Å²) < 4.78 is 10.5. The van der Waals surface area contributed by atoms with Gasteiger partial charge in [-0.1, -0.05) is 28.0 Å². The van der Waals surface area contributed by atoms with E-state index in [2.05, 4.69) is 10.6 Å². The molecular formula is C17H32N2O4S2. The SMILES string of the molecule is CC(C)(C)OC(=O)NCC1CCCC(CNC(=O)OC(C)(C)C)SS1. The number of rotatable bonds is 4. The number of amides is 2. The van der Waals surface area contributed by atoms with Crippen LogP contribution in [0.5, 0.6) is 0 Å². The lowest BCUT2D eigenvalue weighted by molar-refractivity contribution is 0.0517. The minimum atomic E-state index is -0.478. The highest BCUT2D eigenvalue weighted by Gasteiger charge is 2.23. The molecule has 1 aliphatic heterocycles. The summed E-state index contributed by atoms with van der Waals surface area (Å²) in [6.07, 6.45) is 2.41. The van der Waals surface area contributed by atoms with Crippen LogP contribution in [0.2, 0.25) is 0 Å². The Morgan fingerprint density at radius 1 is 0.840 bits per heavy atom. The topological polar surface area (TPSA) is 76.7 Å². The van der Waals surface area contributed by atoms with Crippen molar-refractivity contribution in [2.24, 2.45) is 0 Å². The molecule has 1 rings (SSSR count). The first-order valence-electron chi connectivity index (χ1n) is 8.70. The zero-order valence-electron chi connectivity index (χ0n) is 16.1. The third kappa shape index (κ3) is 11.5. The van der Waals surface area contributed by atoms with Gasteiger partial charge in [-0.2, -0.15) is 0 Å². The van der Waals surface area contributed by atoms with Gasteiger partial charge in [0.1, 0.15) is 11.2 Å². The molecular weight excluding hydrogens is 360 g/mol. The van der Waals surface area contributed by atoms with Crippen LogP contribution in [-0.4, -0.2) is 47.0 Å². The van der Waals surface area contributed by atoms with Crippen molar-refractivity contribution in [2.75, 3.05) is 13.1 Å². The maximum absolute atomic E-state index is 11.7. The molecule has 1 heterocycles. The molecule has 6 nitrogen and oxygen atoms in total. The summed E-state index contributed by atoms with van der Waals surface area (Å²) in [5.74, 6) is 0. The van der Waals surface area contributed by atoms with Crippen molar-refractivity contribution in [2.45, 2.75) is 82.5 Å². The molecule has 2 unspecified atom stereocenters. The first kappa shape index (κ1) is 22.3. The third-order valence-electron chi connectivity index (χ3n) is 3.13. The number of ether oxygens (including phenoxy) is 2. The number of hydrogen-bond acceptors (Lipinski definition) is 6. The van der Waals surface area contributed by atoms with Crippen LogP contribution < -0.4 is 10.6 Å². The van der Waals surface area contributed by atoms with Gasteiger partial charge in [-0.3, -0.25) is 0 Å². The summed E-state index contributed by atoms with van der Waals surface area (Å²) in [7, 11) is 3.54. The van der Waals surface area contributed by atoms with Gasteiger partial charge in [0.15, 0.2) is 0 Å². The molecule has 0 aromatic carbocycles. The Hall–Kier alpha value is -0.760. The van der Waals surface area contributed by atoms with Crippen molar-refractivity contribution in [3.8, 4) is 0 Å². The molecule has 1 aliphatic rings. The molecule has 0 saturated carbocycles. The van der Waals surface area contributed by atoms with E-state index < -0.39 is 11.2 Å². The van der Waals surface area contributed by atoms with Crippen molar-refractivity contribution in [1.29, 1.82) is 0 Å². The van der Waals surface area contributed by atoms with Crippen molar-refractivity contribution in [3.63, 3.8) is 0 Å². The van der Waals surface area contributed by atoms with E-state index in [1.807, 2.05) is 41.5 Å². The highest BCUT2D eigenvalue weighted by Crippen LogP contribution is 2.38. The van der Waals surface area contributed by atoms with Crippen molar-refractivity contribution >= 4 is 33.8 Å². The van der Waals surface area contributed by atoms with E-state index in [1.165, 1.54) is 0 Å². The van der Waals surface area contributed by atoms with Crippen LogP contribution in [-0.2, 0) is 9.47 Å². The quantitative estimate of drug-likeness (QED) is 0.693. The molecule has 0 spiro atoms. The predicted molar refractivity (Wildman–Crippen MR) is 105 cm³/mol. The van der Waals surface area contributed by atoms with Gasteiger partial charge in [0.25, 0.3) is 0 Å². The largest absolute Gasteiger partial charge is 0.444 e. The minimum Gasteiger partial charge on any atom is -0.444 e. The van der Waals surface area contributed by atoms with Crippen LogP contribution in [0.1, 0.15) is 60.8 Å². The average Bonchev–Trinajstić information content (AvgIpc) is 2.64. The van der Waals surface area contributed by atoms with Crippen LogP contribution in [0, 0.1) is 0 Å². The second-order valence-corrected chi connectivity index (χ2v) is 11.0. The summed E-state index contributed by atoms with van der Waals surface area (Å²) >= 11 is 0. The maximum Gasteiger partial charge on any atom is 0.407 e. The normalized spacial score (nSPS) is 21.8. The van der Waals surface area contributed by atoms with E-state index in [4.69, 9.17) is 9.47 Å². The Balaban J connectivity index is 2.27. The highest BCUT2D eigenvalue weighted by atomic mass is 33.1. The lowest BCUT2D eigenvalue weighted by Crippen LogP contribution is -2.36. The standard InChI is InChI=1S/C17H32N2O4S2/c1-16(2,3)22-14(20)18-10-12-8-7-9-13(25-24-12)11-19-15(21)23-17(4,5)6/h12-13H,7-11H2,1-6H3,(H,18,20)(H,19,21). The van der Waals surface area contributed by atoms with Gasteiger partial charge >= 0.3 is 12.2 Å². The fourth-order valence-electron chi connectivity index (χ4n) is 2.12. The summed E-state index contributed by atoms with van der Waals surface area (Å²) in [5.41, 5.74) is -0.957. The first-order chi connectivity index (χ1) is 11.4. The van der Waals surface area contributed by atoms with Crippen molar-refractivity contribution in [3.05, 3.63) is 0 Å². The van der Waals surface area contributed by atoms with E-state index in [0.717, 1.165) is 19.3 Å². The Morgan fingerprint density at radius 3 is 1.52 bits per heavy atom. The summed E-state index contributed by atoms with van der Waals surface area (Å²) in [5, 5.41) is 6.39. The Bertz CT molecular complexity index is 407. The third-order valence-corrected chi connectivity index (χ3v) is 6.55. The molecule has 146 valence electrons. The zero-order valence-corrected chi connectivity index (χ0v) is 17.8. The number of alkyl carbamates (subject to hydrolysis) is 2. The summed E-state index contributed by atoms with van der Waals surface area (Å²) in [6, 6.07) is 0. The van der Waals surface area contributed by atoms with Gasteiger partial charge in [-0.05, 0) is 54.4 Å². The monoisotopic (exact) mass is 392 g/mol. The molecule has 2 N–H and O–H groups in total. The fourth-order valence-corrected chi connectivity index (χ4v) is 5.19. The van der Waals surface area contributed by atoms with Crippen LogP contribution in [0.15, 0.2) is 0 Å². The zero-order chi connectivity index (χ0) is 19.1. The molecule has 2 amide bonds. The molecule has 0 bridgehead atoms. The molecule has 0 aromatic rings. The van der Waals surface area contributed by atoms with E-state index in [9.17, 15) is 9.59 Å². The second kappa shape index (κ2) is 9.80. The van der Waals surface area contributed by atoms with Gasteiger partial charge in [-0.15, -0.1) is 0 Å². The molecule has 0 aromatic heterocycles. The van der Waals surface area contributed by atoms with Crippen LogP contribution in [0.3, 0.4) is 0 Å². The van der Waals surface area contributed by atoms with Gasteiger partial charge in [0.05, 0.1) is 0 Å². The van der Waals surface area contributed by atoms with E-state index in [0.29, 0.717) is 23.6 Å². The Labute approximate surface area is 159 Å². The van der Waals surface area contributed by atoms with Crippen molar-refractivity contribution in [1.82, 2.24) is 10.6 Å². The molecule has 25 heavy (non-hydrogen) atoms. The van der Waals surface area contributed by atoms with Crippen molar-refractivity contribution < 1.29 is 19.1 Å². The van der Waals surface area contributed by atoms with Crippen LogP contribution >= 0.6 is 21.6 Å². The molecule has 1 fully saturated rings. The molecule has 2 atom stereocenters. The van der Waals surface area contributed by atoms with E-state index in [-0.39, 0.29) is 12.2 Å². The smallest absolute Gasteiger partial charge is 0.407 e. The lowest BCUT2D eigenvalue weighted by Gasteiger charge is -2.21. The second-order valence-electron chi connectivity index (χ2n) is 8.13. The fraction of sp³-hybridized carbons (Fsp3) is 0.882. The van der Waals surface area contributed by atoms with Gasteiger partial charge in [0, 0.05) is 23.6 Å². The molecule has 1 saturated heterocycles. The maximum atomic E-state index is 11.7. The Morgan fingerprint density at radius 2 is 1.20 bits per heavy atom. The number of hydrogen-bond donors (Lipinski definition) is 2. The van der Waals surface area contributed by atoms with Gasteiger partial charge < -0.3 is 20.1 Å². The van der Waals surface area contributed by atoms with Crippen LogP contribution in [0.25, 0.3) is 0 Å². The average molecular weight is 393 g/mol. The molecule has 0 aliphatic carbocycles. The predicted octanol–water partition coefficient (Wildman–Crippen LogP) is 4.34. The first-order valence-corrected chi connectivity index (χ1v) is 11.0. The molecule has 8 heteroatoms. The van der Waals surface area contributed by atoms with E-state index in [1.54, 1.807) is 21.6 Å². The van der Waals surface area contributed by atoms with Gasteiger partial charge in [-0.25, -0.2) is 9.59 Å². The van der Waals surface area contributed by atoms with Gasteiger partial charge in [0.2, 0.25) is 0 Å². The van der Waals surface area contributed by atoms with E-state index >= 15 is 0 Å². The molecule has 0 radical (unpaired) electrons. The lowest BCUT2D eigenvalue weighted by atomic mass is 10.1. The summed E-state index contributed by atoms with van der Waals surface area (Å²) in [4.78, 5) is 23.5. The summed E-state index contributed by atoms with van der Waals surface area (Å²) in [6.45, 7) is 12.3. The number of carbonyl (C=O) groups is 2. The minimum absolute atomic E-state index is 0.351. The number of nitrogens with one attached hydrogen (secondary N) is 2. The van der Waals surface area contributed by atoms with Crippen LogP contribution in [0.4, 0.5) is 9.59 Å².